The van der Waals surface area contributed by atoms with Gasteiger partial charge in [-0.25, -0.2) is 0 Å². The van der Waals surface area contributed by atoms with Gasteiger partial charge in [-0.15, -0.1) is 0 Å². The van der Waals surface area contributed by atoms with Gasteiger partial charge in [0.05, 0.1) is 0 Å². The van der Waals surface area contributed by atoms with Gasteiger partial charge in [0.2, 0.25) is 0 Å². The van der Waals surface area contributed by atoms with Gasteiger partial charge in [0.1, 0.15) is 0 Å². The third-order valence-corrected chi connectivity index (χ3v) is 4.25. The van der Waals surface area contributed by atoms with E-state index >= 15 is 0 Å². The molecule has 1 N–H and O–H groups in total. The Morgan fingerprint density at radius 2 is 2.00 bits per heavy atom. The summed E-state index contributed by atoms with van der Waals surface area (Å²) in [4.78, 5) is 0. The summed E-state index contributed by atoms with van der Waals surface area (Å²) in [5, 5.41) is 3.40. The second kappa shape index (κ2) is 4.87. The van der Waals surface area contributed by atoms with Crippen LogP contribution in [0.2, 0.25) is 0 Å². The Balaban J connectivity index is 2.12. The smallest absolute Gasteiger partial charge is 0.0323 e. The topological polar surface area (TPSA) is 12.0 Å². The lowest BCUT2D eigenvalue weighted by Crippen LogP contribution is -2.12. The largest absolute Gasteiger partial charge is 0.313 e. The quantitative estimate of drug-likeness (QED) is 0.871. The van der Waals surface area contributed by atoms with Crippen molar-refractivity contribution in [3.8, 4) is 11.1 Å². The highest BCUT2D eigenvalue weighted by Gasteiger charge is 2.23. The molecule has 0 fully saturated rings. The van der Waals surface area contributed by atoms with Crippen LogP contribution < -0.4 is 5.32 Å². The number of hydrogen-bond donors (Lipinski definition) is 1. The maximum absolute atomic E-state index is 3.55. The first kappa shape index (κ1) is 11.9. The normalized spacial score (nSPS) is 17.8. The van der Waals surface area contributed by atoms with Crippen molar-refractivity contribution in [3.63, 3.8) is 0 Å². The van der Waals surface area contributed by atoms with E-state index in [1.165, 1.54) is 35.1 Å². The summed E-state index contributed by atoms with van der Waals surface area (Å²) in [6.07, 6.45) is 2.38. The van der Waals surface area contributed by atoms with Crippen molar-refractivity contribution in [2.45, 2.75) is 18.9 Å². The zero-order valence-electron chi connectivity index (χ0n) is 10.4. The van der Waals surface area contributed by atoms with Crippen LogP contribution in [0.25, 0.3) is 11.1 Å². The summed E-state index contributed by atoms with van der Waals surface area (Å²) in [7, 11) is 2.05. The van der Waals surface area contributed by atoms with Crippen molar-refractivity contribution >= 4 is 15.9 Å². The summed E-state index contributed by atoms with van der Waals surface area (Å²) >= 11 is 3.55. The van der Waals surface area contributed by atoms with Crippen LogP contribution in [0.15, 0.2) is 46.9 Å². The lowest BCUT2D eigenvalue weighted by Gasteiger charge is -2.12. The van der Waals surface area contributed by atoms with E-state index in [1.807, 2.05) is 7.05 Å². The molecule has 0 amide bonds. The predicted octanol–water partition coefficient (Wildman–Crippen LogP) is 4.32. The minimum Gasteiger partial charge on any atom is -0.313 e. The average molecular weight is 302 g/mol. The van der Waals surface area contributed by atoms with Crippen LogP contribution >= 0.6 is 15.9 Å². The van der Waals surface area contributed by atoms with Gasteiger partial charge in [-0.05, 0) is 54.3 Å². The van der Waals surface area contributed by atoms with Crippen LogP contribution in [0, 0.1) is 0 Å². The first-order chi connectivity index (χ1) is 8.79. The molecule has 3 rings (SSSR count). The highest BCUT2D eigenvalue weighted by atomic mass is 79.9. The van der Waals surface area contributed by atoms with E-state index in [1.54, 1.807) is 0 Å². The molecule has 2 heteroatoms. The number of halogens is 1. The van der Waals surface area contributed by atoms with Crippen LogP contribution in [0.3, 0.4) is 0 Å². The second-order valence-electron chi connectivity index (χ2n) is 4.76. The molecule has 1 aliphatic rings. The summed E-state index contributed by atoms with van der Waals surface area (Å²) in [6, 6.07) is 15.7. The van der Waals surface area contributed by atoms with Crippen molar-refractivity contribution < 1.29 is 0 Å². The van der Waals surface area contributed by atoms with Crippen molar-refractivity contribution in [1.82, 2.24) is 5.32 Å². The zero-order chi connectivity index (χ0) is 12.5. The van der Waals surface area contributed by atoms with Crippen molar-refractivity contribution in [2.24, 2.45) is 0 Å². The molecule has 0 bridgehead atoms. The predicted molar refractivity (Wildman–Crippen MR) is 79.7 cm³/mol. The second-order valence-corrected chi connectivity index (χ2v) is 5.68. The summed E-state index contributed by atoms with van der Waals surface area (Å²) in [5.74, 6) is 0. The summed E-state index contributed by atoms with van der Waals surface area (Å²) in [6.45, 7) is 0. The van der Waals surface area contributed by atoms with E-state index in [2.05, 4.69) is 63.7 Å². The van der Waals surface area contributed by atoms with Gasteiger partial charge in [-0.2, -0.15) is 0 Å². The SMILES string of the molecule is CNC1CCc2c(-c3cccc(Br)c3)cccc21. The zero-order valence-corrected chi connectivity index (χ0v) is 12.0. The lowest BCUT2D eigenvalue weighted by atomic mass is 9.96. The Labute approximate surface area is 116 Å². The molecule has 1 nitrogen and oxygen atoms in total. The number of nitrogens with one attached hydrogen (secondary N) is 1. The van der Waals surface area contributed by atoms with Gasteiger partial charge >= 0.3 is 0 Å². The van der Waals surface area contributed by atoms with E-state index in [4.69, 9.17) is 0 Å². The molecule has 1 atom stereocenters. The number of fused-ring (bicyclic) bond motifs is 1. The highest BCUT2D eigenvalue weighted by molar-refractivity contribution is 9.10. The van der Waals surface area contributed by atoms with Gasteiger partial charge in [-0.1, -0.05) is 46.3 Å². The van der Waals surface area contributed by atoms with E-state index in [-0.39, 0.29) is 0 Å². The maximum atomic E-state index is 3.55. The molecule has 0 aromatic heterocycles. The Kier molecular flexibility index (Phi) is 3.23. The molecule has 0 spiro atoms. The van der Waals surface area contributed by atoms with Gasteiger partial charge in [-0.3, -0.25) is 0 Å². The van der Waals surface area contributed by atoms with E-state index in [0.29, 0.717) is 6.04 Å². The molecule has 0 saturated heterocycles. The molecule has 1 aliphatic carbocycles. The Morgan fingerprint density at radius 1 is 1.17 bits per heavy atom. The monoisotopic (exact) mass is 301 g/mol. The fourth-order valence-electron chi connectivity index (χ4n) is 2.88. The molecule has 92 valence electrons. The van der Waals surface area contributed by atoms with Crippen LogP contribution in [-0.4, -0.2) is 7.05 Å². The standard InChI is InChI=1S/C16H16BrN/c1-18-16-9-8-14-13(6-3-7-15(14)16)11-4-2-5-12(17)10-11/h2-7,10,16,18H,8-9H2,1H3. The number of benzene rings is 2. The van der Waals surface area contributed by atoms with Gasteiger partial charge in [0, 0.05) is 10.5 Å². The van der Waals surface area contributed by atoms with E-state index in [9.17, 15) is 0 Å². The van der Waals surface area contributed by atoms with Crippen LogP contribution in [0.5, 0.6) is 0 Å². The maximum Gasteiger partial charge on any atom is 0.0323 e. The Morgan fingerprint density at radius 3 is 2.78 bits per heavy atom. The third kappa shape index (κ3) is 2.00. The van der Waals surface area contributed by atoms with E-state index < -0.39 is 0 Å². The first-order valence-corrected chi connectivity index (χ1v) is 7.14. The fourth-order valence-corrected chi connectivity index (χ4v) is 3.28. The highest BCUT2D eigenvalue weighted by Crippen LogP contribution is 2.37. The van der Waals surface area contributed by atoms with Gasteiger partial charge < -0.3 is 5.32 Å². The molecule has 0 aliphatic heterocycles. The molecule has 0 heterocycles. The van der Waals surface area contributed by atoms with Gasteiger partial charge in [0.25, 0.3) is 0 Å². The van der Waals surface area contributed by atoms with E-state index in [0.717, 1.165) is 4.47 Å². The molecule has 0 radical (unpaired) electrons. The van der Waals surface area contributed by atoms with Crippen LogP contribution in [0.4, 0.5) is 0 Å². The molecule has 2 aromatic rings. The first-order valence-electron chi connectivity index (χ1n) is 6.34. The fraction of sp³-hybridized carbons (Fsp3) is 0.250. The Bertz CT molecular complexity index is 577. The molecule has 18 heavy (non-hydrogen) atoms. The number of hydrogen-bond acceptors (Lipinski definition) is 1. The Hall–Kier alpha value is -1.12. The van der Waals surface area contributed by atoms with Crippen LogP contribution in [-0.2, 0) is 6.42 Å². The minimum absolute atomic E-state index is 0.520. The average Bonchev–Trinajstić information content (AvgIpc) is 2.81. The third-order valence-electron chi connectivity index (χ3n) is 3.75. The van der Waals surface area contributed by atoms with Crippen molar-refractivity contribution in [1.29, 1.82) is 0 Å². The minimum atomic E-state index is 0.520. The molecular weight excluding hydrogens is 286 g/mol. The van der Waals surface area contributed by atoms with Gasteiger partial charge in [0.15, 0.2) is 0 Å². The molecule has 2 aromatic carbocycles. The lowest BCUT2D eigenvalue weighted by molar-refractivity contribution is 0.590. The molecular formula is C16H16BrN. The number of rotatable bonds is 2. The van der Waals surface area contributed by atoms with Crippen molar-refractivity contribution in [2.75, 3.05) is 7.05 Å². The summed E-state index contributed by atoms with van der Waals surface area (Å²) < 4.78 is 1.14. The molecule has 1 unspecified atom stereocenters. The van der Waals surface area contributed by atoms with Crippen molar-refractivity contribution in [3.05, 3.63) is 58.1 Å². The van der Waals surface area contributed by atoms with Crippen LogP contribution in [0.1, 0.15) is 23.6 Å². The summed E-state index contributed by atoms with van der Waals surface area (Å²) in [5.41, 5.74) is 5.66. The molecule has 0 saturated carbocycles.